The molecule has 1 unspecified atom stereocenters. The van der Waals surface area contributed by atoms with E-state index in [2.05, 4.69) is 27.5 Å². The summed E-state index contributed by atoms with van der Waals surface area (Å²) in [6.07, 6.45) is 8.44. The Kier molecular flexibility index (Phi) is 5.99. The fourth-order valence-electron chi connectivity index (χ4n) is 5.97. The lowest BCUT2D eigenvalue weighted by Crippen LogP contribution is -2.35. The van der Waals surface area contributed by atoms with Gasteiger partial charge in [0.05, 0.1) is 11.6 Å². The van der Waals surface area contributed by atoms with Crippen molar-refractivity contribution in [3.05, 3.63) is 78.2 Å². The first-order chi connectivity index (χ1) is 20.0. The maximum Gasteiger partial charge on any atom is 0.222 e. The molecule has 0 radical (unpaired) electrons. The highest BCUT2D eigenvalue weighted by molar-refractivity contribution is 5.84. The van der Waals surface area contributed by atoms with E-state index in [0.717, 1.165) is 41.6 Å². The van der Waals surface area contributed by atoms with Crippen LogP contribution in [0.3, 0.4) is 0 Å². The van der Waals surface area contributed by atoms with Gasteiger partial charge >= 0.3 is 0 Å². The molecule has 5 heterocycles. The van der Waals surface area contributed by atoms with Crippen LogP contribution in [0.5, 0.6) is 0 Å². The fourth-order valence-corrected chi connectivity index (χ4v) is 5.97. The van der Waals surface area contributed by atoms with Crippen molar-refractivity contribution < 1.29 is 9.59 Å². The van der Waals surface area contributed by atoms with Crippen molar-refractivity contribution in [1.82, 2.24) is 39.5 Å². The molecule has 0 saturated carbocycles. The van der Waals surface area contributed by atoms with Crippen LogP contribution in [0.4, 0.5) is 5.82 Å². The van der Waals surface area contributed by atoms with Gasteiger partial charge in [0.15, 0.2) is 17.3 Å². The molecular formula is C30H29N9O2. The fraction of sp³-hybridized carbons (Fsp3) is 0.267. The number of amides is 2. The molecule has 1 aliphatic heterocycles. The van der Waals surface area contributed by atoms with Gasteiger partial charge in [-0.25, -0.2) is 19.6 Å². The number of likely N-dealkylation sites (tertiary alicyclic amines) is 1. The van der Waals surface area contributed by atoms with Crippen LogP contribution in [0.25, 0.3) is 34.1 Å². The van der Waals surface area contributed by atoms with Crippen LogP contribution in [0.15, 0.2) is 67.1 Å². The number of benzene rings is 1. The number of anilines is 1. The normalized spacial score (nSPS) is 18.3. The Balaban J connectivity index is 1.25. The number of hydrogen-bond donors (Lipinski definition) is 2. The zero-order chi connectivity index (χ0) is 28.1. The van der Waals surface area contributed by atoms with E-state index in [1.54, 1.807) is 29.0 Å². The van der Waals surface area contributed by atoms with Crippen molar-refractivity contribution in [2.24, 2.45) is 0 Å². The molecule has 2 amide bonds. The predicted molar refractivity (Wildman–Crippen MR) is 153 cm³/mol. The zero-order valence-electron chi connectivity index (χ0n) is 22.6. The number of nitrogens with two attached hydrogens (primary N) is 1. The third-order valence-electron chi connectivity index (χ3n) is 8.16. The second kappa shape index (κ2) is 9.84. The number of nitrogens with one attached hydrogen (secondary N) is 1. The first-order valence-corrected chi connectivity index (χ1v) is 13.7. The first-order valence-electron chi connectivity index (χ1n) is 13.7. The third-order valence-corrected chi connectivity index (χ3v) is 8.16. The van der Waals surface area contributed by atoms with E-state index in [1.807, 2.05) is 47.2 Å². The number of rotatable bonds is 6. The summed E-state index contributed by atoms with van der Waals surface area (Å²) in [7, 11) is 1.78. The molecule has 11 nitrogen and oxygen atoms in total. The number of carbonyl (C=O) groups excluding carboxylic acids is 2. The van der Waals surface area contributed by atoms with Crippen LogP contribution < -0.4 is 11.1 Å². The maximum atomic E-state index is 12.9. The van der Waals surface area contributed by atoms with Crippen molar-refractivity contribution in [3.8, 4) is 22.9 Å². The smallest absolute Gasteiger partial charge is 0.222 e. The number of hydrogen-bond acceptors (Lipinski definition) is 7. The van der Waals surface area contributed by atoms with Gasteiger partial charge in [-0.05, 0) is 72.9 Å². The molecule has 3 N–H and O–H groups in total. The summed E-state index contributed by atoms with van der Waals surface area (Å²) in [6, 6.07) is 15.6. The number of nitrogens with zero attached hydrogens (tertiary/aromatic N) is 7. The van der Waals surface area contributed by atoms with Gasteiger partial charge in [-0.1, -0.05) is 6.07 Å². The molecule has 1 aromatic carbocycles. The molecular weight excluding hydrogens is 518 g/mol. The summed E-state index contributed by atoms with van der Waals surface area (Å²) in [4.78, 5) is 40.6. The first kappa shape index (κ1) is 24.9. The van der Waals surface area contributed by atoms with Crippen molar-refractivity contribution >= 4 is 28.8 Å². The van der Waals surface area contributed by atoms with E-state index in [-0.39, 0.29) is 23.9 Å². The van der Waals surface area contributed by atoms with E-state index in [1.165, 1.54) is 0 Å². The summed E-state index contributed by atoms with van der Waals surface area (Å²) >= 11 is 0. The van der Waals surface area contributed by atoms with Gasteiger partial charge in [-0.15, -0.1) is 0 Å². The average Bonchev–Trinajstić information content (AvgIpc) is 3.77. The van der Waals surface area contributed by atoms with Gasteiger partial charge in [0.25, 0.3) is 0 Å². The van der Waals surface area contributed by atoms with Gasteiger partial charge < -0.3 is 16.0 Å². The summed E-state index contributed by atoms with van der Waals surface area (Å²) < 4.78 is 3.72. The van der Waals surface area contributed by atoms with Crippen molar-refractivity contribution in [2.45, 2.75) is 44.2 Å². The molecule has 0 bridgehead atoms. The standard InChI is InChI=1S/C30H29N9O2/c1-37-19(7-12-27(37)41)17-26(40)34-23-9-5-18-16-20(6-8-21(18)23)39-29(22-4-2-13-32-28(22)31)35-24-10-11-25(36-30(24)39)38-15-3-14-33-38/h2-4,6,8,10-11,13-16,19,23H,5,7,9,12,17H2,1H3,(H2,31,32)(H,34,40)/t19?,23-/m0/s1. The number of fused-ring (bicyclic) bond motifs is 2. The maximum absolute atomic E-state index is 12.9. The van der Waals surface area contributed by atoms with Crippen LogP contribution in [0, 0.1) is 0 Å². The van der Waals surface area contributed by atoms with Crippen LogP contribution in [0.1, 0.15) is 42.9 Å². The Labute approximate surface area is 236 Å². The van der Waals surface area contributed by atoms with Gasteiger partial charge in [-0.3, -0.25) is 14.2 Å². The minimum atomic E-state index is -0.0635. The van der Waals surface area contributed by atoms with E-state index >= 15 is 0 Å². The summed E-state index contributed by atoms with van der Waals surface area (Å²) in [5, 5.41) is 7.54. The van der Waals surface area contributed by atoms with Crippen molar-refractivity contribution in [2.75, 3.05) is 12.8 Å². The minimum Gasteiger partial charge on any atom is -0.383 e. The Morgan fingerprint density at radius 1 is 1.07 bits per heavy atom. The Hall–Kier alpha value is -5.06. The molecule has 41 heavy (non-hydrogen) atoms. The quantitative estimate of drug-likeness (QED) is 0.333. The topological polar surface area (TPSA) is 137 Å². The van der Waals surface area contributed by atoms with Crippen LogP contribution in [-0.4, -0.2) is 59.1 Å². The van der Waals surface area contributed by atoms with Crippen molar-refractivity contribution in [1.29, 1.82) is 0 Å². The average molecular weight is 548 g/mol. The van der Waals surface area contributed by atoms with E-state index in [0.29, 0.717) is 41.5 Å². The van der Waals surface area contributed by atoms with Gasteiger partial charge in [0, 0.05) is 50.2 Å². The lowest BCUT2D eigenvalue weighted by Gasteiger charge is -2.21. The number of aryl methyl sites for hydroxylation is 1. The molecule has 5 aromatic rings. The molecule has 4 aromatic heterocycles. The number of carbonyl (C=O) groups is 2. The van der Waals surface area contributed by atoms with Crippen LogP contribution in [-0.2, 0) is 16.0 Å². The lowest BCUT2D eigenvalue weighted by atomic mass is 10.1. The molecule has 1 aliphatic carbocycles. The summed E-state index contributed by atoms with van der Waals surface area (Å²) in [6.45, 7) is 0. The Morgan fingerprint density at radius 3 is 2.76 bits per heavy atom. The highest BCUT2D eigenvalue weighted by Crippen LogP contribution is 2.36. The SMILES string of the molecule is CN1C(=O)CCC1CC(=O)N[C@H]1CCc2cc(-n3c(-c4cccnc4N)nc4ccc(-n5cccn5)nc43)ccc21. The van der Waals surface area contributed by atoms with Crippen LogP contribution >= 0.6 is 0 Å². The van der Waals surface area contributed by atoms with Gasteiger partial charge in [0.1, 0.15) is 11.3 Å². The Bertz CT molecular complexity index is 1790. The zero-order valence-corrected chi connectivity index (χ0v) is 22.6. The van der Waals surface area contributed by atoms with Crippen molar-refractivity contribution in [3.63, 3.8) is 0 Å². The molecule has 7 rings (SSSR count). The number of aromatic nitrogens is 6. The van der Waals surface area contributed by atoms with E-state index in [4.69, 9.17) is 15.7 Å². The third kappa shape index (κ3) is 4.39. The second-order valence-corrected chi connectivity index (χ2v) is 10.6. The molecule has 1 fully saturated rings. The number of imidazole rings is 1. The van der Waals surface area contributed by atoms with E-state index in [9.17, 15) is 9.59 Å². The molecule has 2 atom stereocenters. The molecule has 1 saturated heterocycles. The largest absolute Gasteiger partial charge is 0.383 e. The van der Waals surface area contributed by atoms with Gasteiger partial charge in [0.2, 0.25) is 11.8 Å². The molecule has 11 heteroatoms. The predicted octanol–water partition coefficient (Wildman–Crippen LogP) is 3.36. The molecule has 206 valence electrons. The lowest BCUT2D eigenvalue weighted by molar-refractivity contribution is -0.128. The highest BCUT2D eigenvalue weighted by atomic mass is 16.2. The monoisotopic (exact) mass is 547 g/mol. The van der Waals surface area contributed by atoms with Crippen LogP contribution in [0.2, 0.25) is 0 Å². The number of nitrogen functional groups attached to an aromatic ring is 1. The number of pyridine rings is 2. The molecule has 2 aliphatic rings. The van der Waals surface area contributed by atoms with E-state index < -0.39 is 0 Å². The molecule has 0 spiro atoms. The minimum absolute atomic E-state index is 0.0243. The highest BCUT2D eigenvalue weighted by Gasteiger charge is 2.31. The Morgan fingerprint density at radius 2 is 1.98 bits per heavy atom. The van der Waals surface area contributed by atoms with Gasteiger partial charge in [-0.2, -0.15) is 5.10 Å². The second-order valence-electron chi connectivity index (χ2n) is 10.6. The summed E-state index contributed by atoms with van der Waals surface area (Å²) in [5.74, 6) is 1.78. The summed E-state index contributed by atoms with van der Waals surface area (Å²) in [5.41, 5.74) is 11.6.